The van der Waals surface area contributed by atoms with Crippen LogP contribution in [0.1, 0.15) is 26.2 Å². The van der Waals surface area contributed by atoms with E-state index in [1.54, 1.807) is 0 Å². The molecule has 0 fully saturated rings. The summed E-state index contributed by atoms with van der Waals surface area (Å²) in [5.41, 5.74) is 0. The van der Waals surface area contributed by atoms with Crippen LogP contribution in [0.4, 0.5) is 0 Å². The highest BCUT2D eigenvalue weighted by molar-refractivity contribution is 6.13. The van der Waals surface area contributed by atoms with Crippen molar-refractivity contribution in [3.63, 3.8) is 0 Å². The number of unbranched alkanes of at least 4 members (excludes halogenated alkanes) is 2. The molecule has 2 N–H and O–H groups in total. The van der Waals surface area contributed by atoms with Gasteiger partial charge in [-0.05, 0) is 6.42 Å². The van der Waals surface area contributed by atoms with Gasteiger partial charge in [-0.1, -0.05) is 25.8 Å². The molecule has 9 heavy (non-hydrogen) atoms. The molecule has 0 bridgehead atoms. The molecule has 0 aliphatic rings. The fourth-order valence-electron chi connectivity index (χ4n) is 0.348. The van der Waals surface area contributed by atoms with Crippen LogP contribution in [0.25, 0.3) is 0 Å². The molecule has 0 aromatic heterocycles. The van der Waals surface area contributed by atoms with E-state index in [4.69, 9.17) is 10.0 Å². The van der Waals surface area contributed by atoms with Gasteiger partial charge in [-0.25, -0.2) is 0 Å². The quantitative estimate of drug-likeness (QED) is 0.333. The normalized spacial score (nSPS) is 7.00. The lowest BCUT2D eigenvalue weighted by molar-refractivity contribution is 0.448. The lowest BCUT2D eigenvalue weighted by Gasteiger charge is -1.81. The van der Waals surface area contributed by atoms with E-state index in [9.17, 15) is 0 Å². The van der Waals surface area contributed by atoms with Crippen LogP contribution in [-0.4, -0.2) is 17.7 Å². The van der Waals surface area contributed by atoms with Crippen molar-refractivity contribution >= 4 is 7.69 Å². The molecule has 0 heterocycles. The van der Waals surface area contributed by atoms with E-state index in [0.29, 0.717) is 0 Å². The maximum absolute atomic E-state index is 7.12. The zero-order valence-electron chi connectivity index (χ0n) is 6.01. The lowest BCUT2D eigenvalue weighted by atomic mass is 10.3. The Kier molecular flexibility index (Phi) is 20.0. The Labute approximate surface area is 57.5 Å². The SMILES string of the molecule is C=CCCCC.OBO. The Balaban J connectivity index is 0. The summed E-state index contributed by atoms with van der Waals surface area (Å²) in [5.74, 6) is 0. The fourth-order valence-corrected chi connectivity index (χ4v) is 0.348. The molecule has 0 aromatic rings. The van der Waals surface area contributed by atoms with Crippen LogP contribution in [-0.2, 0) is 0 Å². The van der Waals surface area contributed by atoms with Crippen LogP contribution in [0.2, 0.25) is 0 Å². The highest BCUT2D eigenvalue weighted by Crippen LogP contribution is 1.91. The third kappa shape index (κ3) is 34.1. The molecule has 0 spiro atoms. The molecular weight excluding hydrogens is 115 g/mol. The second kappa shape index (κ2) is 15.6. The zero-order valence-corrected chi connectivity index (χ0v) is 6.01. The highest BCUT2D eigenvalue weighted by atomic mass is 16.4. The van der Waals surface area contributed by atoms with Gasteiger partial charge in [0, 0.05) is 0 Å². The first-order valence-electron chi connectivity index (χ1n) is 3.16. The Morgan fingerprint density at radius 2 is 2.00 bits per heavy atom. The van der Waals surface area contributed by atoms with Crippen molar-refractivity contribution in [2.24, 2.45) is 0 Å². The molecule has 3 heteroatoms. The lowest BCUT2D eigenvalue weighted by Crippen LogP contribution is -1.75. The van der Waals surface area contributed by atoms with E-state index in [1.807, 2.05) is 6.08 Å². The topological polar surface area (TPSA) is 40.5 Å². The molecule has 0 aromatic carbocycles. The number of allylic oxidation sites excluding steroid dienone is 1. The minimum absolute atomic E-state index is 0.750. The largest absolute Gasteiger partial charge is 0.432 e. The van der Waals surface area contributed by atoms with Gasteiger partial charge in [-0.3, -0.25) is 0 Å². The van der Waals surface area contributed by atoms with E-state index < -0.39 is 7.69 Å². The summed E-state index contributed by atoms with van der Waals surface area (Å²) in [4.78, 5) is 0. The Morgan fingerprint density at radius 3 is 2.11 bits per heavy atom. The van der Waals surface area contributed by atoms with Gasteiger partial charge < -0.3 is 10.0 Å². The van der Waals surface area contributed by atoms with Crippen LogP contribution < -0.4 is 0 Å². The maximum atomic E-state index is 7.12. The van der Waals surface area contributed by atoms with Crippen molar-refractivity contribution < 1.29 is 10.0 Å². The van der Waals surface area contributed by atoms with Gasteiger partial charge in [0.05, 0.1) is 0 Å². The summed E-state index contributed by atoms with van der Waals surface area (Å²) in [6, 6.07) is 0. The maximum Gasteiger partial charge on any atom is 0.432 e. The molecule has 0 atom stereocenters. The molecule has 0 amide bonds. The van der Waals surface area contributed by atoms with Gasteiger partial charge in [0.25, 0.3) is 0 Å². The highest BCUT2D eigenvalue weighted by Gasteiger charge is 1.71. The van der Waals surface area contributed by atoms with Crippen molar-refractivity contribution in [1.29, 1.82) is 0 Å². The number of rotatable bonds is 3. The monoisotopic (exact) mass is 130 g/mol. The van der Waals surface area contributed by atoms with Gasteiger partial charge in [0.2, 0.25) is 0 Å². The Bertz CT molecular complexity index is 48.3. The summed E-state index contributed by atoms with van der Waals surface area (Å²) in [5, 5.41) is 14.2. The van der Waals surface area contributed by atoms with Crippen LogP contribution in [0.15, 0.2) is 12.7 Å². The summed E-state index contributed by atoms with van der Waals surface area (Å²) < 4.78 is 0. The molecule has 2 nitrogen and oxygen atoms in total. The molecule has 0 saturated carbocycles. The summed E-state index contributed by atoms with van der Waals surface area (Å²) in [6.07, 6.45) is 5.72. The molecule has 54 valence electrons. The minimum atomic E-state index is -0.750. The summed E-state index contributed by atoms with van der Waals surface area (Å²) in [7, 11) is -0.750. The Morgan fingerprint density at radius 1 is 1.56 bits per heavy atom. The molecular formula is C6H15BO2. The molecule has 0 saturated heterocycles. The third-order valence-electron chi connectivity index (χ3n) is 0.762. The average Bonchev–Trinajstić information content (AvgIpc) is 1.86. The van der Waals surface area contributed by atoms with E-state index in [-0.39, 0.29) is 0 Å². The standard InChI is InChI=1S/C6H12.BH3O2/c1-3-5-6-4-2;2-1-3/h3H,1,4-6H2,2H3;1-3H. The van der Waals surface area contributed by atoms with E-state index in [1.165, 1.54) is 19.3 Å². The second-order valence-electron chi connectivity index (χ2n) is 1.57. The average molecular weight is 130 g/mol. The minimum Gasteiger partial charge on any atom is -0.430 e. The van der Waals surface area contributed by atoms with E-state index in [2.05, 4.69) is 13.5 Å². The van der Waals surface area contributed by atoms with Gasteiger partial charge in [0.15, 0.2) is 0 Å². The molecule has 0 rings (SSSR count). The molecule has 0 radical (unpaired) electrons. The van der Waals surface area contributed by atoms with Crippen molar-refractivity contribution in [2.75, 3.05) is 0 Å². The Hall–Kier alpha value is -0.275. The predicted octanol–water partition coefficient (Wildman–Crippen LogP) is 0.600. The van der Waals surface area contributed by atoms with Crippen LogP contribution in [0.3, 0.4) is 0 Å². The van der Waals surface area contributed by atoms with Crippen LogP contribution in [0.5, 0.6) is 0 Å². The van der Waals surface area contributed by atoms with Gasteiger partial charge in [-0.15, -0.1) is 6.58 Å². The molecule has 0 aliphatic carbocycles. The van der Waals surface area contributed by atoms with Crippen molar-refractivity contribution in [1.82, 2.24) is 0 Å². The van der Waals surface area contributed by atoms with Crippen LogP contribution in [0, 0.1) is 0 Å². The molecule has 0 aliphatic heterocycles. The van der Waals surface area contributed by atoms with Crippen LogP contribution >= 0.6 is 0 Å². The van der Waals surface area contributed by atoms with Crippen molar-refractivity contribution in [2.45, 2.75) is 26.2 Å². The van der Waals surface area contributed by atoms with Gasteiger partial charge in [0.1, 0.15) is 0 Å². The fraction of sp³-hybridized carbons (Fsp3) is 0.667. The third-order valence-corrected chi connectivity index (χ3v) is 0.762. The predicted molar refractivity (Wildman–Crippen MR) is 41.3 cm³/mol. The molecule has 0 unspecified atom stereocenters. The summed E-state index contributed by atoms with van der Waals surface area (Å²) >= 11 is 0. The summed E-state index contributed by atoms with van der Waals surface area (Å²) in [6.45, 7) is 5.78. The van der Waals surface area contributed by atoms with Crippen molar-refractivity contribution in [3.05, 3.63) is 12.7 Å². The first-order valence-corrected chi connectivity index (χ1v) is 3.16. The number of hydrogen-bond donors (Lipinski definition) is 2. The van der Waals surface area contributed by atoms with E-state index in [0.717, 1.165) is 0 Å². The first-order chi connectivity index (χ1) is 4.33. The van der Waals surface area contributed by atoms with Gasteiger partial charge >= 0.3 is 7.69 Å². The van der Waals surface area contributed by atoms with Crippen molar-refractivity contribution in [3.8, 4) is 0 Å². The first kappa shape index (κ1) is 11.5. The zero-order chi connectivity index (χ0) is 7.54. The van der Waals surface area contributed by atoms with Gasteiger partial charge in [-0.2, -0.15) is 0 Å². The number of hydrogen-bond acceptors (Lipinski definition) is 2. The van der Waals surface area contributed by atoms with E-state index >= 15 is 0 Å². The smallest absolute Gasteiger partial charge is 0.430 e. The second-order valence-corrected chi connectivity index (χ2v) is 1.57.